The number of nitrogens with one attached hydrogen (secondary N) is 1. The molecule has 0 unspecified atom stereocenters. The number of carbonyl (C=O) groups is 1. The van der Waals surface area contributed by atoms with Crippen LogP contribution in [0.3, 0.4) is 0 Å². The number of hydrogen-bond acceptors (Lipinski definition) is 4. The van der Waals surface area contributed by atoms with E-state index in [1.165, 1.54) is 30.5 Å². The molecule has 2 aromatic rings. The third-order valence-electron chi connectivity index (χ3n) is 4.82. The van der Waals surface area contributed by atoms with Gasteiger partial charge in [-0.3, -0.25) is 9.69 Å². The number of nitrogens with zero attached hydrogens (tertiary/aromatic N) is 3. The second-order valence-electron chi connectivity index (χ2n) is 7.09. The van der Waals surface area contributed by atoms with Crippen LogP contribution in [0.25, 0.3) is 0 Å². The zero-order valence-corrected chi connectivity index (χ0v) is 15.8. The molecule has 1 amide bonds. The molecular formula is C22H26N4O. The molecule has 0 atom stereocenters. The Hall–Kier alpha value is -2.84. The summed E-state index contributed by atoms with van der Waals surface area (Å²) in [7, 11) is 1.96. The Morgan fingerprint density at radius 2 is 1.93 bits per heavy atom. The van der Waals surface area contributed by atoms with Crippen LogP contribution >= 0.6 is 0 Å². The van der Waals surface area contributed by atoms with Crippen molar-refractivity contribution in [2.75, 3.05) is 36.9 Å². The van der Waals surface area contributed by atoms with Crippen molar-refractivity contribution in [3.8, 4) is 6.07 Å². The molecule has 3 rings (SSSR count). The summed E-state index contributed by atoms with van der Waals surface area (Å²) in [5.41, 5.74) is 3.73. The smallest absolute Gasteiger partial charge is 0.238 e. The zero-order valence-electron chi connectivity index (χ0n) is 15.8. The van der Waals surface area contributed by atoms with Gasteiger partial charge in [-0.15, -0.1) is 0 Å². The molecule has 0 aliphatic carbocycles. The van der Waals surface area contributed by atoms with E-state index in [4.69, 9.17) is 5.26 Å². The minimum absolute atomic E-state index is 0.0805. The number of rotatable bonds is 6. The van der Waals surface area contributed by atoms with E-state index < -0.39 is 0 Å². The number of carbonyl (C=O) groups excluding carboxylic acids is 1. The lowest BCUT2D eigenvalue weighted by Crippen LogP contribution is -2.33. The molecule has 140 valence electrons. The number of para-hydroxylation sites is 1. The fourth-order valence-corrected chi connectivity index (χ4v) is 3.55. The Bertz CT molecular complexity index is 821. The molecule has 0 saturated carbocycles. The zero-order chi connectivity index (χ0) is 19.1. The first-order valence-corrected chi connectivity index (χ1v) is 9.47. The van der Waals surface area contributed by atoms with Crippen LogP contribution in [0.2, 0.25) is 0 Å². The van der Waals surface area contributed by atoms with E-state index in [9.17, 15) is 4.79 Å². The molecule has 1 aliphatic heterocycles. The summed E-state index contributed by atoms with van der Waals surface area (Å²) in [6.07, 6.45) is 3.80. The van der Waals surface area contributed by atoms with Gasteiger partial charge in [0.1, 0.15) is 0 Å². The molecule has 27 heavy (non-hydrogen) atoms. The molecule has 1 aliphatic rings. The maximum absolute atomic E-state index is 12.4. The lowest BCUT2D eigenvalue weighted by Gasteiger charge is -2.31. The molecule has 0 radical (unpaired) electrons. The van der Waals surface area contributed by atoms with Crippen molar-refractivity contribution in [2.45, 2.75) is 25.8 Å². The second kappa shape index (κ2) is 9.20. The maximum atomic E-state index is 12.4. The summed E-state index contributed by atoms with van der Waals surface area (Å²) in [4.78, 5) is 16.8. The van der Waals surface area contributed by atoms with Crippen LogP contribution < -0.4 is 10.2 Å². The molecule has 0 bridgehead atoms. The highest BCUT2D eigenvalue weighted by Gasteiger charge is 2.16. The lowest BCUT2D eigenvalue weighted by atomic mass is 10.1. The molecule has 5 nitrogen and oxygen atoms in total. The minimum atomic E-state index is -0.0805. The second-order valence-corrected chi connectivity index (χ2v) is 7.09. The summed E-state index contributed by atoms with van der Waals surface area (Å²) >= 11 is 0. The first kappa shape index (κ1) is 18.9. The van der Waals surface area contributed by atoms with Crippen LogP contribution in [-0.2, 0) is 11.3 Å². The number of nitriles is 1. The highest BCUT2D eigenvalue weighted by Crippen LogP contribution is 2.25. The summed E-state index contributed by atoms with van der Waals surface area (Å²) in [6, 6.07) is 17.5. The van der Waals surface area contributed by atoms with Gasteiger partial charge in [-0.1, -0.05) is 24.3 Å². The Kier molecular flexibility index (Phi) is 6.45. The average molecular weight is 362 g/mol. The third kappa shape index (κ3) is 5.32. The lowest BCUT2D eigenvalue weighted by molar-refractivity contribution is -0.117. The standard InChI is InChI=1S/C22H26N4O/c1-25(17-22(27)24-20-10-7-8-18(14-20)15-23)16-19-9-3-4-11-21(19)26-12-5-2-6-13-26/h3-4,7-11,14H,2,5-6,12-13,16-17H2,1H3,(H,24,27). The molecule has 5 heteroatoms. The average Bonchev–Trinajstić information content (AvgIpc) is 2.69. The van der Waals surface area contributed by atoms with Crippen LogP contribution in [0.5, 0.6) is 0 Å². The molecule has 1 N–H and O–H groups in total. The van der Waals surface area contributed by atoms with Crippen molar-refractivity contribution in [2.24, 2.45) is 0 Å². The van der Waals surface area contributed by atoms with E-state index in [0.29, 0.717) is 17.8 Å². The predicted molar refractivity (Wildman–Crippen MR) is 109 cm³/mol. The minimum Gasteiger partial charge on any atom is -0.371 e. The van der Waals surface area contributed by atoms with Gasteiger partial charge in [0.2, 0.25) is 5.91 Å². The quantitative estimate of drug-likeness (QED) is 0.853. The van der Waals surface area contributed by atoms with Crippen LogP contribution in [0.15, 0.2) is 48.5 Å². The van der Waals surface area contributed by atoms with Crippen molar-refractivity contribution < 1.29 is 4.79 Å². The van der Waals surface area contributed by atoms with E-state index in [2.05, 4.69) is 40.6 Å². The number of amides is 1. The van der Waals surface area contributed by atoms with E-state index in [-0.39, 0.29) is 5.91 Å². The van der Waals surface area contributed by atoms with Gasteiger partial charge in [0, 0.05) is 31.0 Å². The van der Waals surface area contributed by atoms with E-state index >= 15 is 0 Å². The van der Waals surface area contributed by atoms with Gasteiger partial charge in [-0.2, -0.15) is 5.26 Å². The van der Waals surface area contributed by atoms with Crippen molar-refractivity contribution >= 4 is 17.3 Å². The largest absolute Gasteiger partial charge is 0.371 e. The van der Waals surface area contributed by atoms with E-state index in [0.717, 1.165) is 19.6 Å². The van der Waals surface area contributed by atoms with Gasteiger partial charge >= 0.3 is 0 Å². The van der Waals surface area contributed by atoms with Crippen molar-refractivity contribution in [1.82, 2.24) is 4.90 Å². The van der Waals surface area contributed by atoms with Crippen LogP contribution in [0, 0.1) is 11.3 Å². The Morgan fingerprint density at radius 1 is 1.15 bits per heavy atom. The number of hydrogen-bond donors (Lipinski definition) is 1. The SMILES string of the molecule is CN(CC(=O)Nc1cccc(C#N)c1)Cc1ccccc1N1CCCCC1. The van der Waals surface area contributed by atoms with E-state index in [1.807, 2.05) is 11.9 Å². The third-order valence-corrected chi connectivity index (χ3v) is 4.82. The van der Waals surface area contributed by atoms with Gasteiger partial charge in [-0.05, 0) is 56.1 Å². The molecular weight excluding hydrogens is 336 g/mol. The van der Waals surface area contributed by atoms with Crippen molar-refractivity contribution in [1.29, 1.82) is 5.26 Å². The molecule has 1 saturated heterocycles. The Labute approximate surface area is 161 Å². The van der Waals surface area contributed by atoms with Gasteiger partial charge in [0.15, 0.2) is 0 Å². The van der Waals surface area contributed by atoms with E-state index in [1.54, 1.807) is 24.3 Å². The summed E-state index contributed by atoms with van der Waals surface area (Å²) in [5.74, 6) is -0.0805. The highest BCUT2D eigenvalue weighted by molar-refractivity contribution is 5.92. The van der Waals surface area contributed by atoms with Gasteiger partial charge in [0.25, 0.3) is 0 Å². The fourth-order valence-electron chi connectivity index (χ4n) is 3.55. The van der Waals surface area contributed by atoms with Crippen LogP contribution in [0.4, 0.5) is 11.4 Å². The van der Waals surface area contributed by atoms with Gasteiger partial charge in [-0.25, -0.2) is 0 Å². The first-order valence-electron chi connectivity index (χ1n) is 9.47. The fraction of sp³-hybridized carbons (Fsp3) is 0.364. The highest BCUT2D eigenvalue weighted by atomic mass is 16.2. The normalized spacial score (nSPS) is 14.0. The molecule has 2 aromatic carbocycles. The van der Waals surface area contributed by atoms with Crippen molar-refractivity contribution in [3.63, 3.8) is 0 Å². The molecule has 0 aromatic heterocycles. The number of anilines is 2. The van der Waals surface area contributed by atoms with Crippen LogP contribution in [0.1, 0.15) is 30.4 Å². The number of likely N-dealkylation sites (N-methyl/N-ethyl adjacent to an activating group) is 1. The molecule has 1 fully saturated rings. The first-order chi connectivity index (χ1) is 13.2. The summed E-state index contributed by atoms with van der Waals surface area (Å²) in [5, 5.41) is 11.8. The predicted octanol–water partition coefficient (Wildman–Crippen LogP) is 3.62. The maximum Gasteiger partial charge on any atom is 0.238 e. The van der Waals surface area contributed by atoms with Gasteiger partial charge in [0.05, 0.1) is 18.2 Å². The topological polar surface area (TPSA) is 59.4 Å². The molecule has 1 heterocycles. The summed E-state index contributed by atoms with van der Waals surface area (Å²) in [6.45, 7) is 3.23. The summed E-state index contributed by atoms with van der Waals surface area (Å²) < 4.78 is 0. The Balaban J connectivity index is 1.59. The number of piperidine rings is 1. The number of benzene rings is 2. The molecule has 0 spiro atoms. The van der Waals surface area contributed by atoms with Crippen LogP contribution in [-0.4, -0.2) is 37.5 Å². The van der Waals surface area contributed by atoms with Gasteiger partial charge < -0.3 is 10.2 Å². The van der Waals surface area contributed by atoms with Crippen molar-refractivity contribution in [3.05, 3.63) is 59.7 Å². The Morgan fingerprint density at radius 3 is 2.70 bits per heavy atom. The monoisotopic (exact) mass is 362 g/mol.